The molecular weight excluding hydrogens is 396 g/mol. The smallest absolute Gasteiger partial charge is 0.260 e. The van der Waals surface area contributed by atoms with Crippen molar-refractivity contribution in [2.75, 3.05) is 32.1 Å². The molecule has 1 aromatic heterocycles. The number of nitrogens with zero attached hydrogens (tertiary/aromatic N) is 3. The highest BCUT2D eigenvalue weighted by Gasteiger charge is 2.22. The van der Waals surface area contributed by atoms with Crippen molar-refractivity contribution in [3.05, 3.63) is 57.8 Å². The molecule has 0 aliphatic heterocycles. The van der Waals surface area contributed by atoms with Crippen LogP contribution in [0.25, 0.3) is 10.2 Å². The van der Waals surface area contributed by atoms with Crippen molar-refractivity contribution in [2.45, 2.75) is 0 Å². The molecule has 1 amide bonds. The van der Waals surface area contributed by atoms with Crippen molar-refractivity contribution in [3.63, 3.8) is 0 Å². The number of hydrogen-bond acceptors (Lipinski definition) is 4. The molecule has 0 saturated carbocycles. The van der Waals surface area contributed by atoms with E-state index in [4.69, 9.17) is 23.2 Å². The zero-order valence-corrected chi connectivity index (χ0v) is 16.5. The van der Waals surface area contributed by atoms with Crippen molar-refractivity contribution >= 4 is 55.8 Å². The summed E-state index contributed by atoms with van der Waals surface area (Å²) in [5, 5.41) is 1.29. The van der Waals surface area contributed by atoms with Gasteiger partial charge in [-0.1, -0.05) is 34.5 Å². The predicted octanol–water partition coefficient (Wildman–Crippen LogP) is 4.95. The summed E-state index contributed by atoms with van der Waals surface area (Å²) in [7, 11) is 3.85. The third kappa shape index (κ3) is 4.32. The number of halogens is 3. The van der Waals surface area contributed by atoms with E-state index >= 15 is 0 Å². The van der Waals surface area contributed by atoms with Gasteiger partial charge in [0.05, 0.1) is 10.2 Å². The molecule has 0 radical (unpaired) electrons. The lowest BCUT2D eigenvalue weighted by atomic mass is 10.2. The van der Waals surface area contributed by atoms with Gasteiger partial charge in [0.1, 0.15) is 5.82 Å². The summed E-state index contributed by atoms with van der Waals surface area (Å²) in [6.07, 6.45) is 0. The number of amides is 1. The Morgan fingerprint density at radius 1 is 1.12 bits per heavy atom. The van der Waals surface area contributed by atoms with Gasteiger partial charge in [-0.2, -0.15) is 0 Å². The molecule has 0 spiro atoms. The molecule has 26 heavy (non-hydrogen) atoms. The Balaban J connectivity index is 2.01. The van der Waals surface area contributed by atoms with Gasteiger partial charge in [0.25, 0.3) is 5.91 Å². The van der Waals surface area contributed by atoms with Gasteiger partial charge in [0.15, 0.2) is 5.13 Å². The van der Waals surface area contributed by atoms with Gasteiger partial charge < -0.3 is 4.90 Å². The van der Waals surface area contributed by atoms with Gasteiger partial charge in [0, 0.05) is 28.7 Å². The molecule has 0 saturated heterocycles. The van der Waals surface area contributed by atoms with Gasteiger partial charge in [-0.3, -0.25) is 9.69 Å². The molecule has 8 heteroatoms. The zero-order valence-electron chi connectivity index (χ0n) is 14.2. The minimum atomic E-state index is -0.333. The molecule has 0 fully saturated rings. The maximum atomic E-state index is 13.5. The Bertz CT molecular complexity index is 941. The molecular formula is C18H16Cl2FN3OS. The van der Waals surface area contributed by atoms with E-state index in [9.17, 15) is 9.18 Å². The van der Waals surface area contributed by atoms with Gasteiger partial charge >= 0.3 is 0 Å². The summed E-state index contributed by atoms with van der Waals surface area (Å²) in [5.41, 5.74) is 1.03. The monoisotopic (exact) mass is 411 g/mol. The molecule has 3 aromatic rings. The molecule has 0 bridgehead atoms. The number of rotatable bonds is 5. The predicted molar refractivity (Wildman–Crippen MR) is 106 cm³/mol. The molecule has 0 atom stereocenters. The van der Waals surface area contributed by atoms with Crippen LogP contribution in [0.2, 0.25) is 10.0 Å². The van der Waals surface area contributed by atoms with E-state index in [-0.39, 0.29) is 11.7 Å². The summed E-state index contributed by atoms with van der Waals surface area (Å²) in [4.78, 5) is 21.1. The Morgan fingerprint density at radius 2 is 1.81 bits per heavy atom. The number of thiazole rings is 1. The van der Waals surface area contributed by atoms with Crippen LogP contribution in [-0.4, -0.2) is 43.0 Å². The highest BCUT2D eigenvalue weighted by atomic mass is 35.5. The summed E-state index contributed by atoms with van der Waals surface area (Å²) in [6, 6.07) is 9.10. The van der Waals surface area contributed by atoms with Crippen molar-refractivity contribution in [1.82, 2.24) is 9.88 Å². The minimum Gasteiger partial charge on any atom is -0.308 e. The van der Waals surface area contributed by atoms with Crippen LogP contribution in [0.5, 0.6) is 0 Å². The fourth-order valence-corrected chi connectivity index (χ4v) is 3.96. The lowest BCUT2D eigenvalue weighted by Crippen LogP contribution is -2.36. The zero-order chi connectivity index (χ0) is 18.8. The van der Waals surface area contributed by atoms with Gasteiger partial charge in [-0.15, -0.1) is 0 Å². The Morgan fingerprint density at radius 3 is 2.46 bits per heavy atom. The molecule has 1 heterocycles. The van der Waals surface area contributed by atoms with Crippen LogP contribution < -0.4 is 4.90 Å². The van der Waals surface area contributed by atoms with Crippen molar-refractivity contribution in [1.29, 1.82) is 0 Å². The van der Waals surface area contributed by atoms with Crippen LogP contribution >= 0.6 is 34.5 Å². The lowest BCUT2D eigenvalue weighted by Gasteiger charge is -2.22. The van der Waals surface area contributed by atoms with E-state index in [2.05, 4.69) is 4.98 Å². The standard InChI is InChI=1S/C18H16Cl2FN3OS/c1-23(2)5-6-24(17(25)11-7-12(19)9-13(20)8-11)18-22-15-4-3-14(21)10-16(15)26-18/h3-4,7-10H,5-6H2,1-2H3. The van der Waals surface area contributed by atoms with E-state index in [1.807, 2.05) is 19.0 Å². The van der Waals surface area contributed by atoms with E-state index in [1.54, 1.807) is 29.2 Å². The fourth-order valence-electron chi connectivity index (χ4n) is 2.42. The van der Waals surface area contributed by atoms with Crippen LogP contribution in [0.4, 0.5) is 9.52 Å². The number of fused-ring (bicyclic) bond motifs is 1. The molecule has 2 aromatic carbocycles. The van der Waals surface area contributed by atoms with Gasteiger partial charge in [0.2, 0.25) is 0 Å². The largest absolute Gasteiger partial charge is 0.308 e. The number of likely N-dealkylation sites (N-methyl/N-ethyl adjacent to an activating group) is 1. The first-order chi connectivity index (χ1) is 12.3. The molecule has 0 unspecified atom stereocenters. The second-order valence-corrected chi connectivity index (χ2v) is 7.91. The van der Waals surface area contributed by atoms with Crippen molar-refractivity contribution in [3.8, 4) is 0 Å². The third-order valence-electron chi connectivity index (χ3n) is 3.70. The molecule has 4 nitrogen and oxygen atoms in total. The number of carbonyl (C=O) groups excluding carboxylic acids is 1. The third-order valence-corrected chi connectivity index (χ3v) is 5.17. The number of carbonyl (C=O) groups is 1. The number of benzene rings is 2. The SMILES string of the molecule is CN(C)CCN(C(=O)c1cc(Cl)cc(Cl)c1)c1nc2ccc(F)cc2s1. The first kappa shape index (κ1) is 19.0. The number of hydrogen-bond donors (Lipinski definition) is 0. The average molecular weight is 412 g/mol. The normalized spacial score (nSPS) is 11.3. The number of aromatic nitrogens is 1. The Kier molecular flexibility index (Phi) is 5.77. The maximum Gasteiger partial charge on any atom is 0.260 e. The van der Waals surface area contributed by atoms with Gasteiger partial charge in [-0.25, -0.2) is 9.37 Å². The summed E-state index contributed by atoms with van der Waals surface area (Å²) in [5.74, 6) is -0.587. The van der Waals surface area contributed by atoms with Crippen molar-refractivity contribution in [2.24, 2.45) is 0 Å². The quantitative estimate of drug-likeness (QED) is 0.595. The maximum absolute atomic E-state index is 13.5. The lowest BCUT2D eigenvalue weighted by molar-refractivity contribution is 0.0985. The van der Waals surface area contributed by atoms with Crippen LogP contribution in [-0.2, 0) is 0 Å². The molecule has 0 N–H and O–H groups in total. The summed E-state index contributed by atoms with van der Waals surface area (Å²) in [6.45, 7) is 1.07. The molecule has 0 aliphatic carbocycles. The molecule has 136 valence electrons. The van der Waals surface area contributed by atoms with E-state index in [0.717, 1.165) is 0 Å². The highest BCUT2D eigenvalue weighted by Crippen LogP contribution is 2.31. The van der Waals surface area contributed by atoms with Gasteiger partial charge in [-0.05, 0) is 50.5 Å². The van der Waals surface area contributed by atoms with Crippen LogP contribution in [0, 0.1) is 5.82 Å². The second kappa shape index (κ2) is 7.88. The fraction of sp³-hybridized carbons (Fsp3) is 0.222. The van der Waals surface area contributed by atoms with Crippen molar-refractivity contribution < 1.29 is 9.18 Å². The van der Waals surface area contributed by atoms with Crippen LogP contribution in [0.1, 0.15) is 10.4 Å². The van der Waals surface area contributed by atoms with E-state index in [0.29, 0.717) is 44.0 Å². The first-order valence-corrected chi connectivity index (χ1v) is 9.39. The Hall–Kier alpha value is -1.73. The van der Waals surface area contributed by atoms with Crippen LogP contribution in [0.3, 0.4) is 0 Å². The van der Waals surface area contributed by atoms with E-state index in [1.165, 1.54) is 23.5 Å². The van der Waals surface area contributed by atoms with E-state index < -0.39 is 0 Å². The summed E-state index contributed by atoms with van der Waals surface area (Å²) < 4.78 is 14.2. The molecule has 0 aliphatic rings. The first-order valence-electron chi connectivity index (χ1n) is 7.82. The molecule has 3 rings (SSSR count). The highest BCUT2D eigenvalue weighted by molar-refractivity contribution is 7.22. The Labute approximate surface area is 164 Å². The topological polar surface area (TPSA) is 36.4 Å². The average Bonchev–Trinajstić information content (AvgIpc) is 2.96. The number of anilines is 1. The second-order valence-electron chi connectivity index (χ2n) is 6.03. The van der Waals surface area contributed by atoms with Crippen LogP contribution in [0.15, 0.2) is 36.4 Å². The summed E-state index contributed by atoms with van der Waals surface area (Å²) >= 11 is 13.3. The minimum absolute atomic E-state index is 0.254.